The number of nitrogens with zero attached hydrogens (tertiary/aromatic N) is 2. The third-order valence-electron chi connectivity index (χ3n) is 2.30. The molecule has 0 fully saturated rings. The molecule has 0 saturated carbocycles. The first-order valence-corrected chi connectivity index (χ1v) is 5.34. The maximum atomic E-state index is 11.2. The molecule has 5 heteroatoms. The summed E-state index contributed by atoms with van der Waals surface area (Å²) in [4.78, 5) is 27.3. The Balaban J connectivity index is 3.33. The molecule has 0 aliphatic heterocycles. The zero-order valence-corrected chi connectivity index (χ0v) is 10.7. The first-order valence-electron chi connectivity index (χ1n) is 4.97. The average molecular weight is 253 g/mol. The van der Waals surface area contributed by atoms with Crippen molar-refractivity contribution < 1.29 is 9.59 Å². The average Bonchev–Trinajstić information content (AvgIpc) is 2.29. The Hall–Kier alpha value is -1.68. The van der Waals surface area contributed by atoms with Crippen molar-refractivity contribution in [3.05, 3.63) is 34.6 Å². The van der Waals surface area contributed by atoms with Crippen LogP contribution in [0, 0.1) is 6.92 Å². The molecule has 0 atom stereocenters. The van der Waals surface area contributed by atoms with Crippen LogP contribution in [-0.2, 0) is 9.59 Å². The molecule has 0 spiro atoms. The van der Waals surface area contributed by atoms with Crippen LogP contribution in [0.2, 0.25) is 5.15 Å². The van der Waals surface area contributed by atoms with Gasteiger partial charge in [0.25, 0.3) is 0 Å². The second-order valence-electron chi connectivity index (χ2n) is 3.72. The third-order valence-corrected chi connectivity index (χ3v) is 2.68. The maximum absolute atomic E-state index is 11.2. The third kappa shape index (κ3) is 3.14. The number of hydrogen-bond donors (Lipinski definition) is 0. The van der Waals surface area contributed by atoms with Gasteiger partial charge in [-0.25, -0.2) is 4.98 Å². The monoisotopic (exact) mass is 252 g/mol. The molecule has 0 aliphatic rings. The quantitative estimate of drug-likeness (QED) is 0.354. The van der Waals surface area contributed by atoms with Crippen LogP contribution in [-0.4, -0.2) is 36.0 Å². The van der Waals surface area contributed by atoms with E-state index in [2.05, 4.69) is 4.98 Å². The highest BCUT2D eigenvalue weighted by atomic mass is 35.5. The van der Waals surface area contributed by atoms with Crippen LogP contribution in [0.3, 0.4) is 0 Å². The molecule has 1 rings (SSSR count). The molecule has 0 aromatic carbocycles. The van der Waals surface area contributed by atoms with Crippen molar-refractivity contribution >= 4 is 29.4 Å². The van der Waals surface area contributed by atoms with Crippen LogP contribution in [0.4, 0.5) is 0 Å². The second kappa shape index (κ2) is 5.59. The maximum Gasteiger partial charge on any atom is 0.220 e. The standard InChI is InChI=1S/C12H13ClN2O2/c1-8-10(4-5-14-12(8)13)11(15(2)3)6-9(17)7-16/h4-7H,1-3H3. The minimum absolute atomic E-state index is 0.279. The molecule has 90 valence electrons. The van der Waals surface area contributed by atoms with E-state index in [9.17, 15) is 9.59 Å². The van der Waals surface area contributed by atoms with Gasteiger partial charge in [-0.2, -0.15) is 0 Å². The molecular formula is C12H13ClN2O2. The largest absolute Gasteiger partial charge is 0.377 e. The molecule has 0 amide bonds. The number of rotatable bonds is 4. The van der Waals surface area contributed by atoms with Crippen molar-refractivity contribution in [2.45, 2.75) is 6.92 Å². The van der Waals surface area contributed by atoms with Crippen molar-refractivity contribution in [3.8, 4) is 0 Å². The molecule has 1 aromatic heterocycles. The van der Waals surface area contributed by atoms with Crippen LogP contribution < -0.4 is 0 Å². The molecule has 0 unspecified atom stereocenters. The number of aldehydes is 1. The van der Waals surface area contributed by atoms with Gasteiger partial charge in [-0.15, -0.1) is 0 Å². The predicted octanol–water partition coefficient (Wildman–Crippen LogP) is 1.71. The van der Waals surface area contributed by atoms with Gasteiger partial charge in [0.05, 0.1) is 0 Å². The topological polar surface area (TPSA) is 50.3 Å². The summed E-state index contributed by atoms with van der Waals surface area (Å²) in [5, 5.41) is 0.383. The van der Waals surface area contributed by atoms with E-state index in [1.165, 1.54) is 6.08 Å². The Labute approximate surface area is 105 Å². The number of halogens is 1. The molecule has 4 nitrogen and oxygen atoms in total. The molecule has 0 radical (unpaired) electrons. The SMILES string of the molecule is Cc1c(C(=CC(=O)C=O)N(C)C)ccnc1Cl. The highest BCUT2D eigenvalue weighted by molar-refractivity contribution is 6.32. The predicted molar refractivity (Wildman–Crippen MR) is 66.7 cm³/mol. The van der Waals surface area contributed by atoms with Crippen LogP contribution in [0.5, 0.6) is 0 Å². The lowest BCUT2D eigenvalue weighted by Crippen LogP contribution is -2.13. The van der Waals surface area contributed by atoms with Crippen molar-refractivity contribution in [1.82, 2.24) is 9.88 Å². The fourth-order valence-electron chi connectivity index (χ4n) is 1.40. The lowest BCUT2D eigenvalue weighted by atomic mass is 10.1. The van der Waals surface area contributed by atoms with E-state index in [4.69, 9.17) is 11.6 Å². The summed E-state index contributed by atoms with van der Waals surface area (Å²) in [7, 11) is 3.58. The smallest absolute Gasteiger partial charge is 0.220 e. The minimum atomic E-state index is -0.582. The van der Waals surface area contributed by atoms with Gasteiger partial charge in [0.2, 0.25) is 5.78 Å². The Kier molecular flexibility index (Phi) is 4.40. The summed E-state index contributed by atoms with van der Waals surface area (Å²) < 4.78 is 0. The van der Waals surface area contributed by atoms with Crippen molar-refractivity contribution in [3.63, 3.8) is 0 Å². The van der Waals surface area contributed by atoms with Crippen LogP contribution in [0.15, 0.2) is 18.3 Å². The van der Waals surface area contributed by atoms with E-state index >= 15 is 0 Å². The van der Waals surface area contributed by atoms with Crippen molar-refractivity contribution in [2.24, 2.45) is 0 Å². The molecule has 0 bridgehead atoms. The van der Waals surface area contributed by atoms with Crippen molar-refractivity contribution in [2.75, 3.05) is 14.1 Å². The number of carbonyl (C=O) groups excluding carboxylic acids is 2. The molecule has 0 N–H and O–H groups in total. The summed E-state index contributed by atoms with van der Waals surface area (Å²) in [5.41, 5.74) is 2.18. The van der Waals surface area contributed by atoms with Gasteiger partial charge >= 0.3 is 0 Å². The zero-order chi connectivity index (χ0) is 13.0. The molecule has 17 heavy (non-hydrogen) atoms. The van der Waals surface area contributed by atoms with E-state index in [1.807, 2.05) is 6.92 Å². The van der Waals surface area contributed by atoms with Crippen LogP contribution in [0.25, 0.3) is 5.70 Å². The van der Waals surface area contributed by atoms with E-state index in [0.29, 0.717) is 10.9 Å². The van der Waals surface area contributed by atoms with Gasteiger partial charge in [0, 0.05) is 37.6 Å². The summed E-state index contributed by atoms with van der Waals surface area (Å²) in [5.74, 6) is -0.582. The molecule has 1 heterocycles. The fraction of sp³-hybridized carbons (Fsp3) is 0.250. The first-order chi connectivity index (χ1) is 7.97. The number of pyridine rings is 1. The summed E-state index contributed by atoms with van der Waals surface area (Å²) in [6.07, 6.45) is 3.13. The number of carbonyl (C=O) groups is 2. The number of hydrogen-bond acceptors (Lipinski definition) is 4. The lowest BCUT2D eigenvalue weighted by Gasteiger charge is -2.19. The van der Waals surface area contributed by atoms with Gasteiger partial charge < -0.3 is 4.90 Å². The number of allylic oxidation sites excluding steroid dienone is 1. The summed E-state index contributed by atoms with van der Waals surface area (Å²) in [6.45, 7) is 1.81. The van der Waals surface area contributed by atoms with E-state index < -0.39 is 5.78 Å². The van der Waals surface area contributed by atoms with Crippen LogP contribution >= 0.6 is 11.6 Å². The second-order valence-corrected chi connectivity index (χ2v) is 4.08. The van der Waals surface area contributed by atoms with E-state index in [0.717, 1.165) is 11.1 Å². The summed E-state index contributed by atoms with van der Waals surface area (Å²) in [6, 6.07) is 1.76. The molecule has 0 aliphatic carbocycles. The Morgan fingerprint density at radius 3 is 2.65 bits per heavy atom. The zero-order valence-electron chi connectivity index (χ0n) is 9.90. The van der Waals surface area contributed by atoms with E-state index in [-0.39, 0.29) is 6.29 Å². The van der Waals surface area contributed by atoms with Crippen molar-refractivity contribution in [1.29, 1.82) is 0 Å². The van der Waals surface area contributed by atoms with Crippen LogP contribution in [0.1, 0.15) is 11.1 Å². The first kappa shape index (κ1) is 13.4. The number of ketones is 1. The minimum Gasteiger partial charge on any atom is -0.377 e. The Morgan fingerprint density at radius 1 is 1.47 bits per heavy atom. The van der Waals surface area contributed by atoms with Gasteiger partial charge in [-0.3, -0.25) is 9.59 Å². The van der Waals surface area contributed by atoms with E-state index in [1.54, 1.807) is 31.3 Å². The summed E-state index contributed by atoms with van der Waals surface area (Å²) >= 11 is 5.92. The van der Waals surface area contributed by atoms with Gasteiger partial charge in [-0.1, -0.05) is 11.6 Å². The molecule has 0 saturated heterocycles. The molecule has 1 aromatic rings. The highest BCUT2D eigenvalue weighted by Gasteiger charge is 2.11. The highest BCUT2D eigenvalue weighted by Crippen LogP contribution is 2.24. The number of aromatic nitrogens is 1. The molecular weight excluding hydrogens is 240 g/mol. The van der Waals surface area contributed by atoms with Gasteiger partial charge in [-0.05, 0) is 18.6 Å². The van der Waals surface area contributed by atoms with Gasteiger partial charge in [0.15, 0.2) is 6.29 Å². The van der Waals surface area contributed by atoms with Gasteiger partial charge in [0.1, 0.15) is 5.15 Å². The Morgan fingerprint density at radius 2 is 2.12 bits per heavy atom. The Bertz CT molecular complexity index is 481. The fourth-order valence-corrected chi connectivity index (χ4v) is 1.56. The normalized spacial score (nSPS) is 11.2. The lowest BCUT2D eigenvalue weighted by molar-refractivity contribution is -0.126.